The lowest BCUT2D eigenvalue weighted by Gasteiger charge is -2.05. The number of benzene rings is 3. The molecule has 3 rings (SSSR count). The topological polar surface area (TPSA) is 52.9 Å². The lowest BCUT2D eigenvalue weighted by atomic mass is 10.0. The van der Waals surface area contributed by atoms with Gasteiger partial charge in [0.1, 0.15) is 11.6 Å². The van der Waals surface area contributed by atoms with Gasteiger partial charge >= 0.3 is 0 Å². The Balaban J connectivity index is 1.77. The van der Waals surface area contributed by atoms with E-state index in [2.05, 4.69) is 21.2 Å². The summed E-state index contributed by atoms with van der Waals surface area (Å²) in [7, 11) is 0. The van der Waals surface area contributed by atoms with Crippen LogP contribution >= 0.6 is 15.9 Å². The first-order valence-corrected chi connectivity index (χ1v) is 8.79. The van der Waals surface area contributed by atoms with E-state index in [9.17, 15) is 10.1 Å². The van der Waals surface area contributed by atoms with E-state index in [0.717, 1.165) is 21.2 Å². The van der Waals surface area contributed by atoms with Gasteiger partial charge in [-0.3, -0.25) is 4.79 Å². The molecule has 0 saturated heterocycles. The Hall–Kier alpha value is -3.16. The van der Waals surface area contributed by atoms with Gasteiger partial charge in [0.25, 0.3) is 5.91 Å². The zero-order chi connectivity index (χ0) is 18.4. The first-order valence-electron chi connectivity index (χ1n) is 8.00. The van der Waals surface area contributed by atoms with Crippen molar-refractivity contribution in [3.8, 4) is 17.2 Å². The summed E-state index contributed by atoms with van der Waals surface area (Å²) in [5.74, 6) is -0.429. The van der Waals surface area contributed by atoms with E-state index in [4.69, 9.17) is 0 Å². The van der Waals surface area contributed by atoms with Crippen molar-refractivity contribution in [3.05, 3.63) is 94.5 Å². The third-order valence-electron chi connectivity index (χ3n) is 3.80. The average molecular weight is 403 g/mol. The molecule has 0 spiro atoms. The van der Waals surface area contributed by atoms with Gasteiger partial charge in [-0.1, -0.05) is 70.5 Å². The van der Waals surface area contributed by atoms with Gasteiger partial charge in [-0.2, -0.15) is 5.26 Å². The second kappa shape index (κ2) is 8.28. The summed E-state index contributed by atoms with van der Waals surface area (Å²) in [6, 6.07) is 26.9. The van der Waals surface area contributed by atoms with Crippen LogP contribution in [0, 0.1) is 11.3 Å². The molecule has 0 unspecified atom stereocenters. The molecule has 26 heavy (non-hydrogen) atoms. The second-order valence-electron chi connectivity index (χ2n) is 5.62. The van der Waals surface area contributed by atoms with Crippen molar-refractivity contribution in [1.29, 1.82) is 5.26 Å². The lowest BCUT2D eigenvalue weighted by Crippen LogP contribution is -2.13. The van der Waals surface area contributed by atoms with Gasteiger partial charge in [-0.15, -0.1) is 0 Å². The molecule has 0 aromatic heterocycles. The highest BCUT2D eigenvalue weighted by atomic mass is 79.9. The first-order chi connectivity index (χ1) is 12.7. The minimum Gasteiger partial charge on any atom is -0.321 e. The van der Waals surface area contributed by atoms with E-state index in [0.29, 0.717) is 5.69 Å². The molecule has 0 aliphatic rings. The molecule has 0 fully saturated rings. The SMILES string of the molecule is N#C/C(=C\c1ccc(-c2ccccc2)cc1)C(=O)Nc1ccc(Br)cc1. The number of hydrogen-bond donors (Lipinski definition) is 1. The fraction of sp³-hybridized carbons (Fsp3) is 0. The van der Waals surface area contributed by atoms with E-state index < -0.39 is 5.91 Å². The molecule has 1 amide bonds. The van der Waals surface area contributed by atoms with Gasteiger partial charge < -0.3 is 5.32 Å². The molecular weight excluding hydrogens is 388 g/mol. The molecule has 0 saturated carbocycles. The molecule has 3 aromatic carbocycles. The summed E-state index contributed by atoms with van der Waals surface area (Å²) in [5.41, 5.74) is 3.70. The van der Waals surface area contributed by atoms with E-state index in [-0.39, 0.29) is 5.57 Å². The van der Waals surface area contributed by atoms with Gasteiger partial charge in [0, 0.05) is 10.2 Å². The fourth-order valence-corrected chi connectivity index (χ4v) is 2.71. The number of carbonyl (C=O) groups is 1. The largest absolute Gasteiger partial charge is 0.321 e. The molecule has 0 aliphatic heterocycles. The number of nitrogens with zero attached hydrogens (tertiary/aromatic N) is 1. The van der Waals surface area contributed by atoms with Crippen molar-refractivity contribution >= 4 is 33.6 Å². The van der Waals surface area contributed by atoms with Crippen LogP contribution in [0.5, 0.6) is 0 Å². The minimum atomic E-state index is -0.429. The molecule has 126 valence electrons. The van der Waals surface area contributed by atoms with Crippen molar-refractivity contribution in [3.63, 3.8) is 0 Å². The van der Waals surface area contributed by atoms with Crippen molar-refractivity contribution in [1.82, 2.24) is 0 Å². The van der Waals surface area contributed by atoms with Crippen LogP contribution in [0.25, 0.3) is 17.2 Å². The zero-order valence-corrected chi connectivity index (χ0v) is 15.4. The molecule has 4 heteroatoms. The van der Waals surface area contributed by atoms with Gasteiger partial charge in [0.05, 0.1) is 0 Å². The maximum Gasteiger partial charge on any atom is 0.266 e. The highest BCUT2D eigenvalue weighted by molar-refractivity contribution is 9.10. The van der Waals surface area contributed by atoms with Gasteiger partial charge in [-0.05, 0) is 47.0 Å². The van der Waals surface area contributed by atoms with E-state index in [1.54, 1.807) is 18.2 Å². The lowest BCUT2D eigenvalue weighted by molar-refractivity contribution is -0.112. The van der Waals surface area contributed by atoms with Crippen molar-refractivity contribution in [2.75, 3.05) is 5.32 Å². The molecule has 0 aliphatic carbocycles. The van der Waals surface area contributed by atoms with Gasteiger partial charge in [0.2, 0.25) is 0 Å². The van der Waals surface area contributed by atoms with E-state index in [1.807, 2.05) is 72.8 Å². The van der Waals surface area contributed by atoms with Crippen molar-refractivity contribution < 1.29 is 4.79 Å². The summed E-state index contributed by atoms with van der Waals surface area (Å²) in [6.45, 7) is 0. The molecule has 0 atom stereocenters. The Morgan fingerprint density at radius 2 is 1.50 bits per heavy atom. The summed E-state index contributed by atoms with van der Waals surface area (Å²) >= 11 is 3.34. The third-order valence-corrected chi connectivity index (χ3v) is 4.32. The number of nitrogens with one attached hydrogen (secondary N) is 1. The van der Waals surface area contributed by atoms with Crippen LogP contribution in [0.3, 0.4) is 0 Å². The standard InChI is InChI=1S/C22H15BrN2O/c23-20-10-12-21(13-11-20)25-22(26)19(15-24)14-16-6-8-18(9-7-16)17-4-2-1-3-5-17/h1-14H,(H,25,26)/b19-14+. The maximum atomic E-state index is 12.3. The number of carbonyl (C=O) groups excluding carboxylic acids is 1. The smallest absolute Gasteiger partial charge is 0.266 e. The quantitative estimate of drug-likeness (QED) is 0.451. The van der Waals surface area contributed by atoms with Crippen molar-refractivity contribution in [2.24, 2.45) is 0 Å². The second-order valence-corrected chi connectivity index (χ2v) is 6.53. The van der Waals surface area contributed by atoms with E-state index in [1.165, 1.54) is 0 Å². The number of hydrogen-bond acceptors (Lipinski definition) is 2. The Morgan fingerprint density at radius 1 is 0.885 bits per heavy atom. The van der Waals surface area contributed by atoms with E-state index >= 15 is 0 Å². The Morgan fingerprint density at radius 3 is 2.12 bits per heavy atom. The molecule has 0 heterocycles. The molecule has 3 nitrogen and oxygen atoms in total. The minimum absolute atomic E-state index is 0.0559. The highest BCUT2D eigenvalue weighted by Crippen LogP contribution is 2.20. The predicted molar refractivity (Wildman–Crippen MR) is 108 cm³/mol. The van der Waals surface area contributed by atoms with Crippen LogP contribution in [0.15, 0.2) is 88.9 Å². The highest BCUT2D eigenvalue weighted by Gasteiger charge is 2.09. The third kappa shape index (κ3) is 4.47. The Bertz CT molecular complexity index is 969. The first kappa shape index (κ1) is 17.7. The number of anilines is 1. The van der Waals surface area contributed by atoms with Crippen LogP contribution in [-0.4, -0.2) is 5.91 Å². The van der Waals surface area contributed by atoms with Crippen LogP contribution in [-0.2, 0) is 4.79 Å². The number of halogens is 1. The zero-order valence-electron chi connectivity index (χ0n) is 13.8. The monoisotopic (exact) mass is 402 g/mol. The molecule has 0 radical (unpaired) electrons. The summed E-state index contributed by atoms with van der Waals surface area (Å²) in [5, 5.41) is 12.1. The van der Waals surface area contributed by atoms with Crippen LogP contribution in [0.1, 0.15) is 5.56 Å². The van der Waals surface area contributed by atoms with Crippen molar-refractivity contribution in [2.45, 2.75) is 0 Å². The molecular formula is C22H15BrN2O. The predicted octanol–water partition coefficient (Wildman–Crippen LogP) is 5.66. The van der Waals surface area contributed by atoms with Crippen LogP contribution in [0.4, 0.5) is 5.69 Å². The molecule has 3 aromatic rings. The summed E-state index contributed by atoms with van der Waals surface area (Å²) in [6.07, 6.45) is 1.59. The molecule has 1 N–H and O–H groups in total. The maximum absolute atomic E-state index is 12.3. The Labute approximate surface area is 160 Å². The van der Waals surface area contributed by atoms with Gasteiger partial charge in [0.15, 0.2) is 0 Å². The number of nitriles is 1. The van der Waals surface area contributed by atoms with Gasteiger partial charge in [-0.25, -0.2) is 0 Å². The van der Waals surface area contributed by atoms with Crippen LogP contribution < -0.4 is 5.32 Å². The molecule has 0 bridgehead atoms. The number of amides is 1. The summed E-state index contributed by atoms with van der Waals surface area (Å²) in [4.78, 5) is 12.3. The average Bonchev–Trinajstić information content (AvgIpc) is 2.69. The fourth-order valence-electron chi connectivity index (χ4n) is 2.45. The number of rotatable bonds is 4. The normalized spacial score (nSPS) is 10.8. The Kier molecular flexibility index (Phi) is 5.62. The van der Waals surface area contributed by atoms with Crippen LogP contribution in [0.2, 0.25) is 0 Å². The summed E-state index contributed by atoms with van der Waals surface area (Å²) < 4.78 is 0.921.